The predicted octanol–water partition coefficient (Wildman–Crippen LogP) is 5.95. The third-order valence-corrected chi connectivity index (χ3v) is 8.16. The first-order valence-electron chi connectivity index (χ1n) is 11.0. The van der Waals surface area contributed by atoms with E-state index in [4.69, 9.17) is 4.74 Å². The normalized spacial score (nSPS) is 16.7. The number of sulfone groups is 1. The lowest BCUT2D eigenvalue weighted by Crippen LogP contribution is -2.31. The van der Waals surface area contributed by atoms with Crippen molar-refractivity contribution in [2.24, 2.45) is 0 Å². The molecule has 0 aromatic heterocycles. The number of anilines is 5. The smallest absolute Gasteiger partial charge is 0.175 e. The van der Waals surface area contributed by atoms with E-state index >= 15 is 0 Å². The van der Waals surface area contributed by atoms with Gasteiger partial charge in [-0.25, -0.2) is 8.42 Å². The Bertz CT molecular complexity index is 1660. The Morgan fingerprint density at radius 3 is 2.00 bits per heavy atom. The van der Waals surface area contributed by atoms with Crippen molar-refractivity contribution in [2.45, 2.75) is 10.8 Å². The Labute approximate surface area is 197 Å². The summed E-state index contributed by atoms with van der Waals surface area (Å²) in [7, 11) is -1.42. The lowest BCUT2D eigenvalue weighted by atomic mass is 9.74. The minimum Gasteiger partial charge on any atom is -0.506 e. The van der Waals surface area contributed by atoms with E-state index in [1.807, 2.05) is 54.4 Å². The van der Waals surface area contributed by atoms with Gasteiger partial charge in [-0.05, 0) is 54.6 Å². The summed E-state index contributed by atoms with van der Waals surface area (Å²) in [5, 5.41) is 10.9. The van der Waals surface area contributed by atoms with Crippen LogP contribution in [0.1, 0.15) is 22.6 Å². The minimum absolute atomic E-state index is 0.00281. The summed E-state index contributed by atoms with van der Waals surface area (Å²) in [6.07, 6.45) is 1.17. The van der Waals surface area contributed by atoms with Gasteiger partial charge < -0.3 is 19.6 Å². The highest BCUT2D eigenvalue weighted by molar-refractivity contribution is 7.90. The predicted molar refractivity (Wildman–Crippen MR) is 131 cm³/mol. The van der Waals surface area contributed by atoms with Gasteiger partial charge >= 0.3 is 0 Å². The van der Waals surface area contributed by atoms with Crippen LogP contribution in [0.2, 0.25) is 0 Å². The monoisotopic (exact) mass is 468 g/mol. The Hall–Kier alpha value is -3.97. The first-order valence-corrected chi connectivity index (χ1v) is 12.9. The molecule has 4 aromatic rings. The number of rotatable bonds is 2. The van der Waals surface area contributed by atoms with Crippen LogP contribution >= 0.6 is 0 Å². The number of aromatic hydroxyl groups is 1. The second kappa shape index (κ2) is 6.33. The molecule has 3 aliphatic heterocycles. The molecule has 0 bridgehead atoms. The molecular formula is C27H20N2O4S. The largest absolute Gasteiger partial charge is 0.506 e. The molecule has 0 fully saturated rings. The second-order valence-corrected chi connectivity index (χ2v) is 11.0. The molecule has 0 spiro atoms. The molecular weight excluding hydrogens is 448 g/mol. The molecule has 3 aliphatic rings. The fraction of sp³-hybridized carbons (Fsp3) is 0.111. The van der Waals surface area contributed by atoms with E-state index < -0.39 is 9.84 Å². The summed E-state index contributed by atoms with van der Waals surface area (Å²) in [5.74, 6) is 1.59. The maximum Gasteiger partial charge on any atom is 0.175 e. The maximum absolute atomic E-state index is 12.3. The van der Waals surface area contributed by atoms with Gasteiger partial charge in [0.15, 0.2) is 9.84 Å². The average molecular weight is 469 g/mol. The van der Waals surface area contributed by atoms with Gasteiger partial charge in [0, 0.05) is 47.3 Å². The van der Waals surface area contributed by atoms with Crippen LogP contribution in [0, 0.1) is 0 Å². The molecule has 0 aliphatic carbocycles. The Morgan fingerprint density at radius 2 is 1.32 bits per heavy atom. The van der Waals surface area contributed by atoms with Gasteiger partial charge in [0.25, 0.3) is 0 Å². The molecule has 168 valence electrons. The molecule has 1 unspecified atom stereocenters. The van der Waals surface area contributed by atoms with Crippen molar-refractivity contribution in [3.05, 3.63) is 89.5 Å². The zero-order valence-corrected chi connectivity index (χ0v) is 19.3. The number of nitrogens with zero attached hydrogens (tertiary/aromatic N) is 2. The van der Waals surface area contributed by atoms with E-state index in [1.165, 1.54) is 18.4 Å². The standard InChI is InChI=1S/C27H20N2O4S/c1-28-16-6-3-8-18-24(16)27-25-17(28)7-4-10-22(25)33-23-11-5-9-19(26(23)27)29(18)20-14-15(34(2,31)32)12-13-21(20)30/h3-14,27,30H,1-2H3. The van der Waals surface area contributed by atoms with Gasteiger partial charge in [-0.2, -0.15) is 0 Å². The number of phenols is 1. The molecule has 4 aromatic carbocycles. The van der Waals surface area contributed by atoms with Crippen LogP contribution in [0.25, 0.3) is 0 Å². The number of hydrogen-bond donors (Lipinski definition) is 1. The minimum atomic E-state index is -3.47. The maximum atomic E-state index is 12.3. The number of phenolic OH excluding ortho intramolecular Hbond substituents is 1. The molecule has 34 heavy (non-hydrogen) atoms. The molecule has 1 N–H and O–H groups in total. The van der Waals surface area contributed by atoms with Crippen LogP contribution in [0.4, 0.5) is 28.4 Å². The Kier molecular flexibility index (Phi) is 3.63. The van der Waals surface area contributed by atoms with E-state index in [0.29, 0.717) is 5.69 Å². The zero-order chi connectivity index (χ0) is 23.4. The molecule has 3 heterocycles. The van der Waals surface area contributed by atoms with Gasteiger partial charge in [0.05, 0.1) is 22.0 Å². The van der Waals surface area contributed by atoms with Crippen molar-refractivity contribution >= 4 is 38.3 Å². The Balaban J connectivity index is 1.60. The molecule has 1 atom stereocenters. The summed E-state index contributed by atoms with van der Waals surface area (Å²) < 4.78 is 31.1. The average Bonchev–Trinajstić information content (AvgIpc) is 2.82. The van der Waals surface area contributed by atoms with Crippen LogP contribution in [0.3, 0.4) is 0 Å². The fourth-order valence-corrected chi connectivity index (χ4v) is 6.26. The number of ether oxygens (including phenoxy) is 1. The number of benzene rings is 4. The van der Waals surface area contributed by atoms with Gasteiger partial charge in [0.1, 0.15) is 17.2 Å². The van der Waals surface area contributed by atoms with Crippen molar-refractivity contribution in [1.29, 1.82) is 0 Å². The summed E-state index contributed by atoms with van der Waals surface area (Å²) in [6, 6.07) is 22.6. The van der Waals surface area contributed by atoms with E-state index in [-0.39, 0.29) is 16.6 Å². The van der Waals surface area contributed by atoms with Crippen molar-refractivity contribution in [3.8, 4) is 17.2 Å². The molecule has 7 heteroatoms. The van der Waals surface area contributed by atoms with Crippen LogP contribution in [0.5, 0.6) is 17.2 Å². The molecule has 6 nitrogen and oxygen atoms in total. The van der Waals surface area contributed by atoms with Crippen LogP contribution < -0.4 is 14.5 Å². The Morgan fingerprint density at radius 1 is 0.765 bits per heavy atom. The molecule has 7 rings (SSSR count). The highest BCUT2D eigenvalue weighted by Crippen LogP contribution is 2.64. The molecule has 0 saturated carbocycles. The quantitative estimate of drug-likeness (QED) is 0.339. The van der Waals surface area contributed by atoms with Gasteiger partial charge in [-0.1, -0.05) is 18.2 Å². The van der Waals surface area contributed by atoms with Crippen molar-refractivity contribution in [1.82, 2.24) is 0 Å². The van der Waals surface area contributed by atoms with E-state index in [2.05, 4.69) is 17.0 Å². The summed E-state index contributed by atoms with van der Waals surface area (Å²) >= 11 is 0. The van der Waals surface area contributed by atoms with E-state index in [1.54, 1.807) is 6.07 Å². The first-order chi connectivity index (χ1) is 16.3. The van der Waals surface area contributed by atoms with Gasteiger partial charge in [-0.3, -0.25) is 0 Å². The summed E-state index contributed by atoms with van der Waals surface area (Å²) in [6.45, 7) is 0. The van der Waals surface area contributed by atoms with Crippen LogP contribution in [-0.4, -0.2) is 26.8 Å². The fourth-order valence-electron chi connectivity index (χ4n) is 5.62. The van der Waals surface area contributed by atoms with Gasteiger partial charge in [0.2, 0.25) is 0 Å². The highest BCUT2D eigenvalue weighted by atomic mass is 32.2. The second-order valence-electron chi connectivity index (χ2n) is 8.94. The third kappa shape index (κ3) is 2.37. The van der Waals surface area contributed by atoms with E-state index in [9.17, 15) is 13.5 Å². The van der Waals surface area contributed by atoms with Crippen LogP contribution in [0.15, 0.2) is 77.7 Å². The highest BCUT2D eigenvalue weighted by Gasteiger charge is 2.45. The first kappa shape index (κ1) is 19.5. The third-order valence-electron chi connectivity index (χ3n) is 7.05. The lowest BCUT2D eigenvalue weighted by molar-refractivity contribution is 0.451. The molecule has 0 amide bonds. The summed E-state index contributed by atoms with van der Waals surface area (Å²) in [5.41, 5.74) is 7.59. The summed E-state index contributed by atoms with van der Waals surface area (Å²) in [4.78, 5) is 4.27. The van der Waals surface area contributed by atoms with Crippen molar-refractivity contribution in [3.63, 3.8) is 0 Å². The van der Waals surface area contributed by atoms with Gasteiger partial charge in [-0.15, -0.1) is 0 Å². The topological polar surface area (TPSA) is 70.1 Å². The number of hydrogen-bond acceptors (Lipinski definition) is 6. The zero-order valence-electron chi connectivity index (χ0n) is 18.5. The molecule has 0 radical (unpaired) electrons. The van der Waals surface area contributed by atoms with Crippen LogP contribution in [-0.2, 0) is 9.84 Å². The lowest BCUT2D eigenvalue weighted by Gasteiger charge is -2.46. The SMILES string of the molecule is CN1c2cccc3c2C2c4c(cccc4N(c4cc(S(C)(=O)=O)ccc4O)c4cccc1c42)O3. The van der Waals surface area contributed by atoms with Crippen molar-refractivity contribution in [2.75, 3.05) is 23.1 Å². The van der Waals surface area contributed by atoms with E-state index in [0.717, 1.165) is 50.9 Å². The molecule has 0 saturated heterocycles. The van der Waals surface area contributed by atoms with Crippen molar-refractivity contribution < 1.29 is 18.3 Å².